The monoisotopic (exact) mass is 466 g/mol. The fraction of sp³-hybridized carbons (Fsp3) is 0.381. The predicted molar refractivity (Wildman–Crippen MR) is 114 cm³/mol. The number of hydrogen-bond donors (Lipinski definition) is 1. The van der Waals surface area contributed by atoms with Crippen LogP contribution in [0.25, 0.3) is 0 Å². The Bertz CT molecular complexity index is 852. The van der Waals surface area contributed by atoms with Crippen LogP contribution in [0, 0.1) is 5.82 Å². The zero-order valence-corrected chi connectivity index (χ0v) is 18.1. The Labute approximate surface area is 178 Å². The highest BCUT2D eigenvalue weighted by atomic mass is 79.9. The molecule has 1 aliphatic heterocycles. The average molecular weight is 467 g/mol. The number of ether oxygens (including phenoxy) is 3. The van der Waals surface area contributed by atoms with Gasteiger partial charge in [-0.3, -0.25) is 4.79 Å². The van der Waals surface area contributed by atoms with Crippen molar-refractivity contribution in [2.24, 2.45) is 0 Å². The number of nitrogens with zero attached hydrogens (tertiary/aromatic N) is 1. The Morgan fingerprint density at radius 3 is 2.45 bits per heavy atom. The van der Waals surface area contributed by atoms with E-state index in [1.54, 1.807) is 12.1 Å². The molecule has 0 saturated carbocycles. The van der Waals surface area contributed by atoms with Gasteiger partial charge in [-0.1, -0.05) is 15.9 Å². The predicted octanol–water partition coefficient (Wildman–Crippen LogP) is 4.47. The van der Waals surface area contributed by atoms with Gasteiger partial charge in [-0.25, -0.2) is 4.39 Å². The van der Waals surface area contributed by atoms with E-state index in [-0.39, 0.29) is 5.56 Å². The van der Waals surface area contributed by atoms with E-state index in [0.29, 0.717) is 48.1 Å². The largest absolute Gasteiger partial charge is 0.492 e. The van der Waals surface area contributed by atoms with Crippen LogP contribution in [0.5, 0.6) is 11.5 Å². The molecule has 1 N–H and O–H groups in total. The van der Waals surface area contributed by atoms with E-state index in [9.17, 15) is 9.18 Å². The lowest BCUT2D eigenvalue weighted by Gasteiger charge is -2.31. The highest BCUT2D eigenvalue weighted by Crippen LogP contribution is 2.39. The Balaban J connectivity index is 1.95. The van der Waals surface area contributed by atoms with Crippen molar-refractivity contribution in [1.29, 1.82) is 0 Å². The maximum Gasteiger partial charge on any atom is 0.255 e. The summed E-state index contributed by atoms with van der Waals surface area (Å²) in [5, 5.41) is 2.82. The first-order chi connectivity index (χ1) is 14.0. The third-order valence-corrected chi connectivity index (χ3v) is 4.84. The minimum atomic E-state index is -0.493. The normalized spacial score (nSPS) is 13.9. The smallest absolute Gasteiger partial charge is 0.255 e. The van der Waals surface area contributed by atoms with Gasteiger partial charge in [0.1, 0.15) is 17.3 Å². The first-order valence-electron chi connectivity index (χ1n) is 9.55. The van der Waals surface area contributed by atoms with Crippen LogP contribution in [0.2, 0.25) is 0 Å². The van der Waals surface area contributed by atoms with Crippen molar-refractivity contribution in [2.75, 3.05) is 49.7 Å². The molecule has 1 saturated heterocycles. The van der Waals surface area contributed by atoms with Crippen LogP contribution < -0.4 is 19.7 Å². The molecule has 6 nitrogen and oxygen atoms in total. The van der Waals surface area contributed by atoms with Crippen LogP contribution in [0.4, 0.5) is 15.8 Å². The van der Waals surface area contributed by atoms with Gasteiger partial charge in [-0.2, -0.15) is 0 Å². The molecule has 3 rings (SSSR count). The number of rotatable bonds is 7. The van der Waals surface area contributed by atoms with E-state index >= 15 is 0 Å². The lowest BCUT2D eigenvalue weighted by molar-refractivity contribution is 0.102. The molecule has 0 spiro atoms. The topological polar surface area (TPSA) is 60.0 Å². The molecule has 8 heteroatoms. The second-order valence-corrected chi connectivity index (χ2v) is 7.31. The van der Waals surface area contributed by atoms with Gasteiger partial charge in [-0.15, -0.1) is 0 Å². The summed E-state index contributed by atoms with van der Waals surface area (Å²) in [4.78, 5) is 14.9. The molecular formula is C21H24BrFN2O4. The highest BCUT2D eigenvalue weighted by Gasteiger charge is 2.21. The minimum absolute atomic E-state index is 0.203. The number of morpholine rings is 1. The number of anilines is 2. The number of hydrogen-bond acceptors (Lipinski definition) is 5. The van der Waals surface area contributed by atoms with Crippen LogP contribution in [0.15, 0.2) is 34.8 Å². The molecule has 156 valence electrons. The molecule has 0 aliphatic carbocycles. The van der Waals surface area contributed by atoms with Crippen LogP contribution >= 0.6 is 15.9 Å². The number of halogens is 2. The quantitative estimate of drug-likeness (QED) is 0.651. The van der Waals surface area contributed by atoms with Gasteiger partial charge in [-0.05, 0) is 32.0 Å². The Hall–Kier alpha value is -2.32. The summed E-state index contributed by atoms with van der Waals surface area (Å²) in [5.41, 5.74) is 1.57. The lowest BCUT2D eigenvalue weighted by atomic mass is 10.1. The van der Waals surface area contributed by atoms with Crippen LogP contribution in [0.3, 0.4) is 0 Å². The van der Waals surface area contributed by atoms with Gasteiger partial charge < -0.3 is 24.4 Å². The number of benzene rings is 2. The zero-order valence-electron chi connectivity index (χ0n) is 16.5. The zero-order chi connectivity index (χ0) is 20.8. The van der Waals surface area contributed by atoms with Crippen molar-refractivity contribution < 1.29 is 23.4 Å². The summed E-state index contributed by atoms with van der Waals surface area (Å²) in [6.07, 6.45) is 0. The maximum absolute atomic E-state index is 13.7. The molecule has 2 aromatic rings. The molecule has 0 bridgehead atoms. The molecule has 2 aromatic carbocycles. The van der Waals surface area contributed by atoms with Crippen molar-refractivity contribution in [2.45, 2.75) is 13.8 Å². The summed E-state index contributed by atoms with van der Waals surface area (Å²) in [6, 6.07) is 7.67. The molecule has 0 aromatic heterocycles. The summed E-state index contributed by atoms with van der Waals surface area (Å²) in [7, 11) is 0. The van der Waals surface area contributed by atoms with Crippen LogP contribution in [-0.2, 0) is 4.74 Å². The second kappa shape index (κ2) is 9.93. The van der Waals surface area contributed by atoms with E-state index in [0.717, 1.165) is 18.8 Å². The molecule has 0 unspecified atom stereocenters. The third kappa shape index (κ3) is 5.39. The minimum Gasteiger partial charge on any atom is -0.492 e. The van der Waals surface area contributed by atoms with Crippen molar-refractivity contribution in [3.05, 3.63) is 46.2 Å². The molecule has 1 amide bonds. The van der Waals surface area contributed by atoms with Gasteiger partial charge in [0, 0.05) is 35.3 Å². The van der Waals surface area contributed by atoms with E-state index in [1.807, 2.05) is 19.9 Å². The first-order valence-corrected chi connectivity index (χ1v) is 10.3. The lowest BCUT2D eigenvalue weighted by Crippen LogP contribution is -2.36. The standard InChI is InChI=1S/C21H24BrFN2O4/c1-3-28-19-13-18(25-5-7-27-8-6-25)20(29-4-2)12-17(19)24-21(26)14-9-15(22)11-16(23)10-14/h9-13H,3-8H2,1-2H3,(H,24,26). The number of amides is 1. The SMILES string of the molecule is CCOc1cc(N2CCOCC2)c(OCC)cc1NC(=O)c1cc(F)cc(Br)c1. The maximum atomic E-state index is 13.7. The van der Waals surface area contributed by atoms with Gasteiger partial charge in [0.15, 0.2) is 0 Å². The van der Waals surface area contributed by atoms with Gasteiger partial charge in [0.25, 0.3) is 5.91 Å². The summed E-state index contributed by atoms with van der Waals surface area (Å²) in [6.45, 7) is 7.47. The molecule has 1 aliphatic rings. The van der Waals surface area contributed by atoms with E-state index in [1.165, 1.54) is 12.1 Å². The van der Waals surface area contributed by atoms with Crippen molar-refractivity contribution in [3.63, 3.8) is 0 Å². The van der Waals surface area contributed by atoms with Crippen LogP contribution in [0.1, 0.15) is 24.2 Å². The fourth-order valence-electron chi connectivity index (χ4n) is 3.12. The van der Waals surface area contributed by atoms with Gasteiger partial charge in [0.2, 0.25) is 0 Å². The van der Waals surface area contributed by atoms with E-state index in [2.05, 4.69) is 26.1 Å². The van der Waals surface area contributed by atoms with E-state index < -0.39 is 11.7 Å². The number of carbonyl (C=O) groups excluding carboxylic acids is 1. The summed E-state index contributed by atoms with van der Waals surface area (Å²) < 4.78 is 31.2. The fourth-order valence-corrected chi connectivity index (χ4v) is 3.59. The molecular weight excluding hydrogens is 443 g/mol. The van der Waals surface area contributed by atoms with Crippen molar-refractivity contribution in [1.82, 2.24) is 0 Å². The van der Waals surface area contributed by atoms with Crippen molar-refractivity contribution >= 4 is 33.2 Å². The molecule has 29 heavy (non-hydrogen) atoms. The molecule has 0 atom stereocenters. The summed E-state index contributed by atoms with van der Waals surface area (Å²) >= 11 is 3.21. The second-order valence-electron chi connectivity index (χ2n) is 6.39. The van der Waals surface area contributed by atoms with Crippen molar-refractivity contribution in [3.8, 4) is 11.5 Å². The van der Waals surface area contributed by atoms with Gasteiger partial charge >= 0.3 is 0 Å². The van der Waals surface area contributed by atoms with Crippen LogP contribution in [-0.4, -0.2) is 45.4 Å². The Morgan fingerprint density at radius 1 is 1.10 bits per heavy atom. The first kappa shape index (κ1) is 21.4. The Kier molecular flexibility index (Phi) is 7.33. The number of nitrogens with one attached hydrogen (secondary N) is 1. The Morgan fingerprint density at radius 2 is 1.79 bits per heavy atom. The number of carbonyl (C=O) groups is 1. The molecule has 1 heterocycles. The summed E-state index contributed by atoms with van der Waals surface area (Å²) in [5.74, 6) is 0.245. The average Bonchev–Trinajstić information content (AvgIpc) is 2.70. The van der Waals surface area contributed by atoms with E-state index in [4.69, 9.17) is 14.2 Å². The highest BCUT2D eigenvalue weighted by molar-refractivity contribution is 9.10. The van der Waals surface area contributed by atoms with Gasteiger partial charge in [0.05, 0.1) is 37.8 Å². The third-order valence-electron chi connectivity index (χ3n) is 4.39. The molecule has 0 radical (unpaired) electrons. The molecule has 1 fully saturated rings.